The summed E-state index contributed by atoms with van der Waals surface area (Å²) in [5.74, 6) is 2.41. The first kappa shape index (κ1) is 19.6. The molecule has 5 nitrogen and oxygen atoms in total. The summed E-state index contributed by atoms with van der Waals surface area (Å²) in [5, 5.41) is 13.1. The van der Waals surface area contributed by atoms with E-state index in [1.165, 1.54) is 56.9 Å². The van der Waals surface area contributed by atoms with E-state index in [2.05, 4.69) is 69.3 Å². The minimum absolute atomic E-state index is 0.328. The third-order valence-corrected chi connectivity index (χ3v) is 6.74. The summed E-state index contributed by atoms with van der Waals surface area (Å²) in [7, 11) is 0. The van der Waals surface area contributed by atoms with Gasteiger partial charge in [0.05, 0.1) is 12.1 Å². The molecule has 0 N–H and O–H groups in total. The van der Waals surface area contributed by atoms with Crippen LogP contribution in [0.25, 0.3) is 0 Å². The van der Waals surface area contributed by atoms with E-state index in [0.29, 0.717) is 18.0 Å². The van der Waals surface area contributed by atoms with Crippen LogP contribution in [0.2, 0.25) is 0 Å². The zero-order chi connectivity index (χ0) is 19.3. The number of rotatable bonds is 6. The van der Waals surface area contributed by atoms with Crippen LogP contribution in [0.5, 0.6) is 0 Å². The second kappa shape index (κ2) is 9.17. The number of hydrogen-bond donors (Lipinski definition) is 0. The van der Waals surface area contributed by atoms with Gasteiger partial charge in [-0.05, 0) is 73.0 Å². The Labute approximate surface area is 169 Å². The van der Waals surface area contributed by atoms with Gasteiger partial charge >= 0.3 is 0 Å². The van der Waals surface area contributed by atoms with Crippen molar-refractivity contribution in [2.75, 3.05) is 13.1 Å². The Kier molecular flexibility index (Phi) is 6.40. The number of benzene rings is 1. The molecule has 2 aliphatic rings. The molecule has 152 valence electrons. The molecule has 1 atom stereocenters. The van der Waals surface area contributed by atoms with Gasteiger partial charge in [0.15, 0.2) is 5.82 Å². The minimum atomic E-state index is 0.328. The highest BCUT2D eigenvalue weighted by Crippen LogP contribution is 2.35. The smallest absolute Gasteiger partial charge is 0.168 e. The van der Waals surface area contributed by atoms with E-state index in [-0.39, 0.29) is 0 Å². The predicted molar refractivity (Wildman–Crippen MR) is 112 cm³/mol. The Morgan fingerprint density at radius 1 is 0.964 bits per heavy atom. The summed E-state index contributed by atoms with van der Waals surface area (Å²) >= 11 is 0. The summed E-state index contributed by atoms with van der Waals surface area (Å²) in [5.41, 5.74) is 1.47. The van der Waals surface area contributed by atoms with Crippen LogP contribution in [0.3, 0.4) is 0 Å². The number of nitrogens with zero attached hydrogens (tertiary/aromatic N) is 5. The summed E-state index contributed by atoms with van der Waals surface area (Å²) < 4.78 is 2.18. The molecule has 0 spiro atoms. The maximum Gasteiger partial charge on any atom is 0.168 e. The van der Waals surface area contributed by atoms with Crippen molar-refractivity contribution in [3.63, 3.8) is 0 Å². The fourth-order valence-corrected chi connectivity index (χ4v) is 5.25. The average Bonchev–Trinajstić information content (AvgIpc) is 3.20. The second-order valence-corrected chi connectivity index (χ2v) is 9.13. The Morgan fingerprint density at radius 3 is 2.36 bits per heavy atom. The first-order chi connectivity index (χ1) is 13.7. The lowest BCUT2D eigenvalue weighted by Gasteiger charge is -2.39. The van der Waals surface area contributed by atoms with Crippen molar-refractivity contribution in [1.82, 2.24) is 25.1 Å². The zero-order valence-corrected chi connectivity index (χ0v) is 17.5. The number of hydrogen-bond acceptors (Lipinski definition) is 4. The minimum Gasteiger partial charge on any atom is -0.293 e. The Hall–Kier alpha value is -1.75. The van der Waals surface area contributed by atoms with Gasteiger partial charge < -0.3 is 0 Å². The highest BCUT2D eigenvalue weighted by molar-refractivity contribution is 5.15. The molecule has 1 aliphatic heterocycles. The molecule has 2 fully saturated rings. The molecule has 1 aliphatic carbocycles. The third kappa shape index (κ3) is 4.45. The van der Waals surface area contributed by atoms with Gasteiger partial charge in [-0.3, -0.25) is 4.90 Å². The molecule has 2 heterocycles. The van der Waals surface area contributed by atoms with E-state index in [1.807, 2.05) is 0 Å². The molecule has 5 heteroatoms. The molecule has 0 radical (unpaired) electrons. The maximum atomic E-state index is 4.54. The van der Waals surface area contributed by atoms with Crippen molar-refractivity contribution in [3.8, 4) is 0 Å². The van der Waals surface area contributed by atoms with Crippen LogP contribution in [0.15, 0.2) is 30.3 Å². The molecule has 1 aromatic carbocycles. The van der Waals surface area contributed by atoms with Gasteiger partial charge in [0.2, 0.25) is 0 Å². The standard InChI is InChI=1S/C23H35N5/c1-18(2)22(23-24-25-26-28(23)21-11-7-4-8-12-21)27-15-13-20(14-16-27)17-19-9-5-3-6-10-19/h3,5-6,9-10,18,20-22H,4,7-8,11-17H2,1-2H3/t22-/m0/s1. The number of tetrazole rings is 1. The predicted octanol–water partition coefficient (Wildman–Crippen LogP) is 4.83. The second-order valence-electron chi connectivity index (χ2n) is 9.13. The highest BCUT2D eigenvalue weighted by Gasteiger charge is 2.33. The van der Waals surface area contributed by atoms with Crippen LogP contribution in [-0.4, -0.2) is 38.2 Å². The lowest BCUT2D eigenvalue weighted by Crippen LogP contribution is -2.40. The van der Waals surface area contributed by atoms with E-state index in [0.717, 1.165) is 24.8 Å². The molecule has 4 rings (SSSR count). The van der Waals surface area contributed by atoms with E-state index < -0.39 is 0 Å². The topological polar surface area (TPSA) is 46.8 Å². The van der Waals surface area contributed by atoms with Crippen LogP contribution in [-0.2, 0) is 6.42 Å². The monoisotopic (exact) mass is 381 g/mol. The first-order valence-corrected chi connectivity index (χ1v) is 11.3. The van der Waals surface area contributed by atoms with Crippen molar-refractivity contribution in [2.24, 2.45) is 11.8 Å². The molecule has 0 bridgehead atoms. The Bertz CT molecular complexity index is 712. The van der Waals surface area contributed by atoms with E-state index in [9.17, 15) is 0 Å². The largest absolute Gasteiger partial charge is 0.293 e. The molecule has 1 saturated carbocycles. The maximum absolute atomic E-state index is 4.54. The Morgan fingerprint density at radius 2 is 1.68 bits per heavy atom. The van der Waals surface area contributed by atoms with Crippen molar-refractivity contribution in [2.45, 2.75) is 77.3 Å². The fourth-order valence-electron chi connectivity index (χ4n) is 5.25. The molecular weight excluding hydrogens is 346 g/mol. The van der Waals surface area contributed by atoms with Gasteiger partial charge in [-0.25, -0.2) is 4.68 Å². The van der Waals surface area contributed by atoms with Gasteiger partial charge in [0, 0.05) is 0 Å². The summed E-state index contributed by atoms with van der Waals surface area (Å²) in [6.45, 7) is 6.94. The van der Waals surface area contributed by atoms with Crippen LogP contribution >= 0.6 is 0 Å². The number of aromatic nitrogens is 4. The van der Waals surface area contributed by atoms with Crippen LogP contribution in [0.1, 0.15) is 82.3 Å². The molecule has 28 heavy (non-hydrogen) atoms. The van der Waals surface area contributed by atoms with Crippen LogP contribution in [0, 0.1) is 11.8 Å². The summed E-state index contributed by atoms with van der Waals surface area (Å²) in [6, 6.07) is 11.8. The lowest BCUT2D eigenvalue weighted by molar-refractivity contribution is 0.0926. The van der Waals surface area contributed by atoms with Crippen molar-refractivity contribution < 1.29 is 0 Å². The molecule has 0 amide bonds. The summed E-state index contributed by atoms with van der Waals surface area (Å²) in [6.07, 6.45) is 10.2. The molecular formula is C23H35N5. The molecule has 1 aromatic heterocycles. The Balaban J connectivity index is 1.43. The fraction of sp³-hybridized carbons (Fsp3) is 0.696. The summed E-state index contributed by atoms with van der Waals surface area (Å²) in [4.78, 5) is 2.65. The SMILES string of the molecule is CC(C)[C@@H](c1nnnn1C1CCCCC1)N1CCC(Cc2ccccc2)CC1. The van der Waals surface area contributed by atoms with Crippen LogP contribution in [0.4, 0.5) is 0 Å². The number of piperidine rings is 1. The van der Waals surface area contributed by atoms with Gasteiger partial charge in [-0.15, -0.1) is 5.10 Å². The normalized spacial score (nSPS) is 21.2. The van der Waals surface area contributed by atoms with Gasteiger partial charge in [0.25, 0.3) is 0 Å². The van der Waals surface area contributed by atoms with Crippen molar-refractivity contribution in [3.05, 3.63) is 41.7 Å². The highest BCUT2D eigenvalue weighted by atomic mass is 15.6. The average molecular weight is 382 g/mol. The van der Waals surface area contributed by atoms with Crippen molar-refractivity contribution in [1.29, 1.82) is 0 Å². The van der Waals surface area contributed by atoms with E-state index in [4.69, 9.17) is 0 Å². The molecule has 2 aromatic rings. The molecule has 0 unspecified atom stereocenters. The number of likely N-dealkylation sites (tertiary alicyclic amines) is 1. The molecule has 1 saturated heterocycles. The third-order valence-electron chi connectivity index (χ3n) is 6.74. The zero-order valence-electron chi connectivity index (χ0n) is 17.5. The van der Waals surface area contributed by atoms with Crippen LogP contribution < -0.4 is 0 Å². The van der Waals surface area contributed by atoms with Gasteiger partial charge in [-0.1, -0.05) is 63.4 Å². The quantitative estimate of drug-likeness (QED) is 0.719. The van der Waals surface area contributed by atoms with Crippen molar-refractivity contribution >= 4 is 0 Å². The van der Waals surface area contributed by atoms with E-state index >= 15 is 0 Å². The van der Waals surface area contributed by atoms with Gasteiger partial charge in [0.1, 0.15) is 0 Å². The van der Waals surface area contributed by atoms with Gasteiger partial charge in [-0.2, -0.15) is 0 Å². The first-order valence-electron chi connectivity index (χ1n) is 11.3. The lowest BCUT2D eigenvalue weighted by atomic mass is 9.88. The van der Waals surface area contributed by atoms with E-state index in [1.54, 1.807) is 0 Å².